The van der Waals surface area contributed by atoms with Crippen LogP contribution < -0.4 is 10.6 Å². The largest absolute Gasteiger partial charge is 0.335 e. The van der Waals surface area contributed by atoms with Crippen molar-refractivity contribution in [1.82, 2.24) is 15.5 Å². The summed E-state index contributed by atoms with van der Waals surface area (Å²) in [5, 5.41) is 11.3. The molecule has 1 amide bonds. The number of piperidine rings is 1. The molecule has 24 heavy (non-hydrogen) atoms. The molecule has 132 valence electrons. The molecular formula is C18H27N3OS2. The lowest BCUT2D eigenvalue weighted by Gasteiger charge is -2.31. The highest BCUT2D eigenvalue weighted by atomic mass is 32.2. The van der Waals surface area contributed by atoms with Crippen molar-refractivity contribution in [2.24, 2.45) is 5.41 Å². The second kappa shape index (κ2) is 7.36. The van der Waals surface area contributed by atoms with Crippen LogP contribution in [0.25, 0.3) is 0 Å². The molecule has 3 aliphatic rings. The minimum atomic E-state index is 0.349. The zero-order valence-electron chi connectivity index (χ0n) is 14.1. The van der Waals surface area contributed by atoms with Crippen LogP contribution in [0.3, 0.4) is 0 Å². The Labute approximate surface area is 152 Å². The summed E-state index contributed by atoms with van der Waals surface area (Å²) >= 11 is 3.69. The van der Waals surface area contributed by atoms with Gasteiger partial charge >= 0.3 is 0 Å². The van der Waals surface area contributed by atoms with Gasteiger partial charge in [0.05, 0.1) is 0 Å². The third-order valence-electron chi connectivity index (χ3n) is 5.80. The van der Waals surface area contributed by atoms with Crippen molar-refractivity contribution in [3.05, 3.63) is 22.4 Å². The van der Waals surface area contributed by atoms with Gasteiger partial charge in [0, 0.05) is 43.1 Å². The molecule has 0 radical (unpaired) electrons. The quantitative estimate of drug-likeness (QED) is 0.840. The first kappa shape index (κ1) is 16.9. The van der Waals surface area contributed by atoms with Gasteiger partial charge in [-0.2, -0.15) is 23.1 Å². The average molecular weight is 366 g/mol. The molecule has 2 aliphatic heterocycles. The van der Waals surface area contributed by atoms with Gasteiger partial charge < -0.3 is 15.5 Å². The number of rotatable bonds is 5. The Morgan fingerprint density at radius 2 is 2.21 bits per heavy atom. The Balaban J connectivity index is 1.44. The minimum Gasteiger partial charge on any atom is -0.335 e. The van der Waals surface area contributed by atoms with Gasteiger partial charge in [0.25, 0.3) is 0 Å². The van der Waals surface area contributed by atoms with Gasteiger partial charge in [-0.25, -0.2) is 0 Å². The van der Waals surface area contributed by atoms with Crippen LogP contribution in [0.1, 0.15) is 31.2 Å². The Morgan fingerprint density at radius 3 is 2.92 bits per heavy atom. The number of carbonyl (C=O) groups is 1. The van der Waals surface area contributed by atoms with Crippen molar-refractivity contribution in [1.29, 1.82) is 0 Å². The molecule has 0 bridgehead atoms. The molecule has 6 heteroatoms. The zero-order chi connectivity index (χ0) is 16.4. The predicted molar refractivity (Wildman–Crippen MR) is 102 cm³/mol. The minimum absolute atomic E-state index is 0.349. The second-order valence-electron chi connectivity index (χ2n) is 7.42. The van der Waals surface area contributed by atoms with Crippen molar-refractivity contribution < 1.29 is 4.79 Å². The summed E-state index contributed by atoms with van der Waals surface area (Å²) in [5.74, 6) is 2.58. The van der Waals surface area contributed by atoms with Crippen molar-refractivity contribution in [3.63, 3.8) is 0 Å². The third-order valence-corrected chi connectivity index (χ3v) is 7.66. The van der Waals surface area contributed by atoms with E-state index in [1.54, 1.807) is 11.3 Å². The van der Waals surface area contributed by atoms with Gasteiger partial charge in [-0.1, -0.05) is 0 Å². The van der Waals surface area contributed by atoms with E-state index in [2.05, 4.69) is 32.4 Å². The van der Waals surface area contributed by atoms with E-state index in [9.17, 15) is 4.79 Å². The summed E-state index contributed by atoms with van der Waals surface area (Å²) in [4.78, 5) is 15.3. The molecule has 2 atom stereocenters. The Kier molecular flexibility index (Phi) is 5.18. The fraction of sp³-hybridized carbons (Fsp3) is 0.722. The van der Waals surface area contributed by atoms with Crippen LogP contribution in [0.4, 0.5) is 0 Å². The number of hydrogen-bond acceptors (Lipinski definition) is 5. The molecule has 2 saturated heterocycles. The van der Waals surface area contributed by atoms with Crippen molar-refractivity contribution in [2.45, 2.75) is 44.3 Å². The summed E-state index contributed by atoms with van der Waals surface area (Å²) in [5.41, 5.74) is 1.70. The topological polar surface area (TPSA) is 44.4 Å². The van der Waals surface area contributed by atoms with Crippen LogP contribution in [0.15, 0.2) is 16.8 Å². The number of amides is 1. The first-order chi connectivity index (χ1) is 11.8. The first-order valence-electron chi connectivity index (χ1n) is 9.09. The highest BCUT2D eigenvalue weighted by molar-refractivity contribution is 7.99. The van der Waals surface area contributed by atoms with Gasteiger partial charge in [0.2, 0.25) is 5.91 Å². The second-order valence-corrected chi connectivity index (χ2v) is 9.35. The molecule has 3 heterocycles. The molecule has 3 fully saturated rings. The number of carbonyl (C=O) groups excluding carboxylic acids is 1. The Hall–Kier alpha value is -0.560. The van der Waals surface area contributed by atoms with Crippen molar-refractivity contribution >= 4 is 29.0 Å². The van der Waals surface area contributed by atoms with Crippen molar-refractivity contribution in [2.75, 3.05) is 31.1 Å². The summed E-state index contributed by atoms with van der Waals surface area (Å²) in [6, 6.07) is 2.98. The van der Waals surface area contributed by atoms with E-state index >= 15 is 0 Å². The maximum atomic E-state index is 13.1. The van der Waals surface area contributed by atoms with E-state index in [-0.39, 0.29) is 0 Å². The molecule has 1 spiro atoms. The smallest absolute Gasteiger partial charge is 0.224 e. The number of hydrogen-bond donors (Lipinski definition) is 2. The maximum Gasteiger partial charge on any atom is 0.224 e. The van der Waals surface area contributed by atoms with Crippen LogP contribution in [0.2, 0.25) is 0 Å². The van der Waals surface area contributed by atoms with Crippen LogP contribution in [0.5, 0.6) is 0 Å². The lowest BCUT2D eigenvalue weighted by atomic mass is 9.93. The van der Waals surface area contributed by atoms with Crippen molar-refractivity contribution in [3.8, 4) is 0 Å². The van der Waals surface area contributed by atoms with Gasteiger partial charge in [-0.05, 0) is 60.2 Å². The molecular weight excluding hydrogens is 338 g/mol. The summed E-state index contributed by atoms with van der Waals surface area (Å²) in [6.07, 6.45) is 4.31. The summed E-state index contributed by atoms with van der Waals surface area (Å²) in [7, 11) is 0. The van der Waals surface area contributed by atoms with Crippen LogP contribution >= 0.6 is 23.1 Å². The monoisotopic (exact) mass is 365 g/mol. The molecule has 4 rings (SSSR count). The standard InChI is InChI=1S/C18H27N3OS2/c22-17(9-15-13-24-8-6-20-15)21(11-14-1-7-23-12-14)16-10-18(16)2-4-19-5-3-18/h1,7,12,15-16,19-20H,2-6,8-11,13H2/t15-,16+/m1/s1. The fourth-order valence-electron chi connectivity index (χ4n) is 4.26. The number of thiophene rings is 1. The normalized spacial score (nSPS) is 28.7. The molecule has 1 aromatic rings. The first-order valence-corrected chi connectivity index (χ1v) is 11.2. The van der Waals surface area contributed by atoms with Crippen LogP contribution in [-0.4, -0.2) is 54.0 Å². The SMILES string of the molecule is O=C(C[C@@H]1CSCCN1)N(Cc1ccsc1)[C@H]1CC12CCNCC2. The van der Waals surface area contributed by atoms with Crippen LogP contribution in [0, 0.1) is 5.41 Å². The maximum absolute atomic E-state index is 13.1. The number of nitrogens with zero attached hydrogens (tertiary/aromatic N) is 1. The van der Waals surface area contributed by atoms with E-state index in [4.69, 9.17) is 0 Å². The molecule has 0 aromatic carbocycles. The summed E-state index contributed by atoms with van der Waals surface area (Å²) < 4.78 is 0. The van der Waals surface area contributed by atoms with Crippen LogP contribution in [-0.2, 0) is 11.3 Å². The molecule has 4 nitrogen and oxygen atoms in total. The lowest BCUT2D eigenvalue weighted by molar-refractivity contribution is -0.133. The zero-order valence-corrected chi connectivity index (χ0v) is 15.8. The third kappa shape index (κ3) is 3.66. The molecule has 1 aliphatic carbocycles. The molecule has 2 N–H and O–H groups in total. The highest BCUT2D eigenvalue weighted by Gasteiger charge is 2.57. The molecule has 0 unspecified atom stereocenters. The predicted octanol–water partition coefficient (Wildman–Crippen LogP) is 2.31. The van der Waals surface area contributed by atoms with E-state index in [1.165, 1.54) is 30.6 Å². The van der Waals surface area contributed by atoms with Gasteiger partial charge in [-0.15, -0.1) is 0 Å². The lowest BCUT2D eigenvalue weighted by Crippen LogP contribution is -2.44. The van der Waals surface area contributed by atoms with Gasteiger partial charge in [-0.3, -0.25) is 4.79 Å². The Bertz CT molecular complexity index is 551. The van der Waals surface area contributed by atoms with Gasteiger partial charge in [0.1, 0.15) is 0 Å². The van der Waals surface area contributed by atoms with E-state index in [1.807, 2.05) is 11.8 Å². The highest BCUT2D eigenvalue weighted by Crippen LogP contribution is 2.56. The Morgan fingerprint density at radius 1 is 1.33 bits per heavy atom. The molecule has 1 saturated carbocycles. The number of nitrogens with one attached hydrogen (secondary N) is 2. The van der Waals surface area contributed by atoms with E-state index in [0.29, 0.717) is 29.8 Å². The van der Waals surface area contributed by atoms with Gasteiger partial charge in [0.15, 0.2) is 0 Å². The summed E-state index contributed by atoms with van der Waals surface area (Å²) in [6.45, 7) is 4.05. The molecule has 1 aromatic heterocycles. The van der Waals surface area contributed by atoms with E-state index in [0.717, 1.165) is 31.9 Å². The fourth-order valence-corrected chi connectivity index (χ4v) is 5.87. The van der Waals surface area contributed by atoms with E-state index < -0.39 is 0 Å². The average Bonchev–Trinajstić information content (AvgIpc) is 3.05. The number of thioether (sulfide) groups is 1.